The summed E-state index contributed by atoms with van der Waals surface area (Å²) in [4.78, 5) is 27.3. The summed E-state index contributed by atoms with van der Waals surface area (Å²) in [5, 5.41) is 13.6. The van der Waals surface area contributed by atoms with Crippen LogP contribution in [0.3, 0.4) is 0 Å². The summed E-state index contributed by atoms with van der Waals surface area (Å²) < 4.78 is 0. The molecule has 0 saturated carbocycles. The second kappa shape index (κ2) is 7.81. The summed E-state index contributed by atoms with van der Waals surface area (Å²) in [5.41, 5.74) is 1.99. The number of benzene rings is 2. The third-order valence-corrected chi connectivity index (χ3v) is 4.54. The SMILES string of the molecule is O=C(CSc1ccc2ccccc2n1)NCc1ccc(C(=O)O)cc1. The van der Waals surface area contributed by atoms with Gasteiger partial charge in [-0.15, -0.1) is 0 Å². The van der Waals surface area contributed by atoms with Crippen LogP contribution in [0.2, 0.25) is 0 Å². The number of thioether (sulfide) groups is 1. The van der Waals surface area contributed by atoms with Gasteiger partial charge in [0.25, 0.3) is 0 Å². The van der Waals surface area contributed by atoms with Gasteiger partial charge in [0, 0.05) is 11.9 Å². The zero-order valence-corrected chi connectivity index (χ0v) is 14.1. The number of carboxylic acid groups (broad SMARTS) is 1. The molecule has 5 nitrogen and oxygen atoms in total. The molecule has 0 aliphatic heterocycles. The summed E-state index contributed by atoms with van der Waals surface area (Å²) in [6, 6.07) is 18.2. The van der Waals surface area contributed by atoms with E-state index in [1.165, 1.54) is 23.9 Å². The lowest BCUT2D eigenvalue weighted by Crippen LogP contribution is -2.24. The lowest BCUT2D eigenvalue weighted by atomic mass is 10.1. The van der Waals surface area contributed by atoms with E-state index in [4.69, 9.17) is 5.11 Å². The molecule has 25 heavy (non-hydrogen) atoms. The van der Waals surface area contributed by atoms with Crippen molar-refractivity contribution in [3.8, 4) is 0 Å². The second-order valence-electron chi connectivity index (χ2n) is 5.41. The first-order valence-electron chi connectivity index (χ1n) is 7.69. The van der Waals surface area contributed by atoms with Gasteiger partial charge in [-0.1, -0.05) is 48.2 Å². The van der Waals surface area contributed by atoms with Crippen LogP contribution in [0.15, 0.2) is 65.7 Å². The number of carboxylic acids is 1. The van der Waals surface area contributed by atoms with Crippen molar-refractivity contribution in [3.63, 3.8) is 0 Å². The van der Waals surface area contributed by atoms with E-state index in [0.29, 0.717) is 6.54 Å². The molecule has 1 heterocycles. The minimum atomic E-state index is -0.963. The van der Waals surface area contributed by atoms with Crippen molar-refractivity contribution in [2.24, 2.45) is 0 Å². The predicted molar refractivity (Wildman–Crippen MR) is 97.7 cm³/mol. The largest absolute Gasteiger partial charge is 0.478 e. The highest BCUT2D eigenvalue weighted by Gasteiger charge is 2.06. The summed E-state index contributed by atoms with van der Waals surface area (Å²) in [6.45, 7) is 0.366. The number of hydrogen-bond donors (Lipinski definition) is 2. The van der Waals surface area contributed by atoms with Crippen LogP contribution in [0.5, 0.6) is 0 Å². The van der Waals surface area contributed by atoms with Crippen LogP contribution < -0.4 is 5.32 Å². The molecule has 3 aromatic rings. The fourth-order valence-corrected chi connectivity index (χ4v) is 2.99. The molecular weight excluding hydrogens is 336 g/mol. The van der Waals surface area contributed by atoms with Gasteiger partial charge in [-0.05, 0) is 29.8 Å². The molecule has 3 rings (SSSR count). The second-order valence-corrected chi connectivity index (χ2v) is 6.41. The van der Waals surface area contributed by atoms with Crippen LogP contribution in [-0.2, 0) is 11.3 Å². The maximum absolute atomic E-state index is 12.0. The molecule has 1 aromatic heterocycles. The van der Waals surface area contributed by atoms with Crippen LogP contribution in [0.4, 0.5) is 0 Å². The van der Waals surface area contributed by atoms with Crippen LogP contribution in [0.25, 0.3) is 10.9 Å². The summed E-state index contributed by atoms with van der Waals surface area (Å²) >= 11 is 1.38. The summed E-state index contributed by atoms with van der Waals surface area (Å²) in [7, 11) is 0. The van der Waals surface area contributed by atoms with Crippen molar-refractivity contribution >= 4 is 34.5 Å². The molecule has 0 aliphatic carbocycles. The first-order valence-corrected chi connectivity index (χ1v) is 8.68. The summed E-state index contributed by atoms with van der Waals surface area (Å²) in [6.07, 6.45) is 0. The lowest BCUT2D eigenvalue weighted by molar-refractivity contribution is -0.118. The highest BCUT2D eigenvalue weighted by molar-refractivity contribution is 7.99. The number of carbonyl (C=O) groups is 2. The molecule has 6 heteroatoms. The van der Waals surface area contributed by atoms with Gasteiger partial charge in [-0.3, -0.25) is 4.79 Å². The van der Waals surface area contributed by atoms with E-state index in [1.54, 1.807) is 12.1 Å². The first-order chi connectivity index (χ1) is 12.1. The number of hydrogen-bond acceptors (Lipinski definition) is 4. The predicted octanol–water partition coefficient (Wildman–Crippen LogP) is 3.34. The monoisotopic (exact) mass is 352 g/mol. The Kier molecular flexibility index (Phi) is 5.30. The highest BCUT2D eigenvalue weighted by Crippen LogP contribution is 2.19. The average Bonchev–Trinajstić information content (AvgIpc) is 2.65. The zero-order valence-electron chi connectivity index (χ0n) is 13.3. The van der Waals surface area contributed by atoms with Gasteiger partial charge in [-0.25, -0.2) is 9.78 Å². The van der Waals surface area contributed by atoms with Crippen molar-refractivity contribution in [2.75, 3.05) is 5.75 Å². The van der Waals surface area contributed by atoms with E-state index in [1.807, 2.05) is 36.4 Å². The first kappa shape index (κ1) is 17.0. The molecule has 0 bridgehead atoms. The average molecular weight is 352 g/mol. The van der Waals surface area contributed by atoms with Gasteiger partial charge in [0.05, 0.1) is 21.9 Å². The van der Waals surface area contributed by atoms with Crippen molar-refractivity contribution in [3.05, 3.63) is 71.8 Å². The van der Waals surface area contributed by atoms with Crippen molar-refractivity contribution in [1.82, 2.24) is 10.3 Å². The van der Waals surface area contributed by atoms with E-state index in [2.05, 4.69) is 10.3 Å². The molecule has 126 valence electrons. The number of rotatable bonds is 6. The van der Waals surface area contributed by atoms with E-state index in [0.717, 1.165) is 21.5 Å². The van der Waals surface area contributed by atoms with Crippen molar-refractivity contribution in [2.45, 2.75) is 11.6 Å². The lowest BCUT2D eigenvalue weighted by Gasteiger charge is -2.06. The smallest absolute Gasteiger partial charge is 0.335 e. The molecule has 0 saturated heterocycles. The highest BCUT2D eigenvalue weighted by atomic mass is 32.2. The van der Waals surface area contributed by atoms with Crippen molar-refractivity contribution < 1.29 is 14.7 Å². The van der Waals surface area contributed by atoms with E-state index < -0.39 is 5.97 Å². The third-order valence-electron chi connectivity index (χ3n) is 3.61. The number of fused-ring (bicyclic) bond motifs is 1. The zero-order chi connectivity index (χ0) is 17.6. The molecular formula is C19H16N2O3S. The van der Waals surface area contributed by atoms with Crippen LogP contribution in [-0.4, -0.2) is 27.7 Å². The number of aromatic nitrogens is 1. The van der Waals surface area contributed by atoms with Gasteiger partial charge in [0.1, 0.15) is 0 Å². The Balaban J connectivity index is 1.51. The quantitative estimate of drug-likeness (QED) is 0.665. The maximum Gasteiger partial charge on any atom is 0.335 e. The normalized spacial score (nSPS) is 10.6. The molecule has 0 spiro atoms. The molecule has 1 amide bonds. The minimum Gasteiger partial charge on any atom is -0.478 e. The van der Waals surface area contributed by atoms with Gasteiger partial charge in [-0.2, -0.15) is 0 Å². The van der Waals surface area contributed by atoms with Crippen LogP contribution >= 0.6 is 11.8 Å². The molecule has 2 aromatic carbocycles. The Labute approximate surface area is 149 Å². The molecule has 0 radical (unpaired) electrons. The van der Waals surface area contributed by atoms with Gasteiger partial charge < -0.3 is 10.4 Å². The molecule has 2 N–H and O–H groups in total. The van der Waals surface area contributed by atoms with Crippen LogP contribution in [0, 0.1) is 0 Å². The van der Waals surface area contributed by atoms with Crippen LogP contribution in [0.1, 0.15) is 15.9 Å². The number of amides is 1. The van der Waals surface area contributed by atoms with E-state index >= 15 is 0 Å². The molecule has 0 atom stereocenters. The number of aromatic carboxylic acids is 1. The Hall–Kier alpha value is -2.86. The van der Waals surface area contributed by atoms with Gasteiger partial charge >= 0.3 is 5.97 Å². The molecule has 0 aliphatic rings. The summed E-state index contributed by atoms with van der Waals surface area (Å²) in [5.74, 6) is -0.782. The molecule has 0 unspecified atom stereocenters. The molecule has 0 fully saturated rings. The fourth-order valence-electron chi connectivity index (χ4n) is 2.28. The van der Waals surface area contributed by atoms with E-state index in [9.17, 15) is 9.59 Å². The Morgan fingerprint density at radius 2 is 1.76 bits per heavy atom. The maximum atomic E-state index is 12.0. The number of nitrogens with zero attached hydrogens (tertiary/aromatic N) is 1. The Morgan fingerprint density at radius 3 is 2.52 bits per heavy atom. The minimum absolute atomic E-state index is 0.0951. The van der Waals surface area contributed by atoms with Gasteiger partial charge in [0.15, 0.2) is 0 Å². The Morgan fingerprint density at radius 1 is 1.00 bits per heavy atom. The standard InChI is InChI=1S/C19H16N2O3S/c22-17(20-11-13-5-7-15(8-6-13)19(23)24)12-25-18-10-9-14-3-1-2-4-16(14)21-18/h1-10H,11-12H2,(H,20,22)(H,23,24). The topological polar surface area (TPSA) is 79.3 Å². The number of para-hydroxylation sites is 1. The Bertz CT molecular complexity index is 910. The number of carbonyl (C=O) groups excluding carboxylic acids is 1. The number of nitrogens with one attached hydrogen (secondary N) is 1. The van der Waals surface area contributed by atoms with Gasteiger partial charge in [0.2, 0.25) is 5.91 Å². The van der Waals surface area contributed by atoms with Crippen molar-refractivity contribution in [1.29, 1.82) is 0 Å². The van der Waals surface area contributed by atoms with E-state index in [-0.39, 0.29) is 17.2 Å². The third kappa shape index (κ3) is 4.58. The fraction of sp³-hybridized carbons (Fsp3) is 0.105. The number of pyridine rings is 1.